The van der Waals surface area contributed by atoms with E-state index in [-0.39, 0.29) is 0 Å². The van der Waals surface area contributed by atoms with Crippen molar-refractivity contribution < 1.29 is 9.47 Å². The van der Waals surface area contributed by atoms with Crippen LogP contribution in [0.3, 0.4) is 0 Å². The lowest BCUT2D eigenvalue weighted by Crippen LogP contribution is -1.83. The molecule has 2 rings (SSSR count). The highest BCUT2D eigenvalue weighted by molar-refractivity contribution is 5.20. The molecule has 0 aliphatic carbocycles. The van der Waals surface area contributed by atoms with Crippen molar-refractivity contribution in [3.05, 3.63) is 66.2 Å². The minimum Gasteiger partial charge on any atom is -0.497 e. The van der Waals surface area contributed by atoms with Gasteiger partial charge < -0.3 is 9.47 Å². The maximum Gasteiger partial charge on any atom is 0.118 e. The minimum absolute atomic E-state index is 0.659. The molecule has 0 aliphatic rings. The summed E-state index contributed by atoms with van der Waals surface area (Å²) in [5, 5.41) is 0. The predicted molar refractivity (Wildman–Crippen MR) is 97.8 cm³/mol. The number of hydrogen-bond acceptors (Lipinski definition) is 2. The fourth-order valence-corrected chi connectivity index (χ4v) is 1.39. The van der Waals surface area contributed by atoms with Crippen LogP contribution in [0.2, 0.25) is 0 Å². The Hall–Kier alpha value is -1.80. The van der Waals surface area contributed by atoms with Gasteiger partial charge in [-0.15, -0.1) is 0 Å². The quantitative estimate of drug-likeness (QED) is 0.698. The first-order valence-corrected chi connectivity index (χ1v) is 7.69. The summed E-state index contributed by atoms with van der Waals surface area (Å²) in [5.74, 6) is 1.57. The number of methoxy groups -OCH3 is 2. The zero-order chi connectivity index (χ0) is 17.2. The fourth-order valence-electron chi connectivity index (χ4n) is 1.39. The van der Waals surface area contributed by atoms with Crippen LogP contribution in [0, 0.1) is 0 Å². The van der Waals surface area contributed by atoms with Crippen molar-refractivity contribution >= 4 is 0 Å². The van der Waals surface area contributed by atoms with Gasteiger partial charge in [0.2, 0.25) is 0 Å². The molecule has 0 bridgehead atoms. The monoisotopic (exact) mass is 304 g/mol. The third-order valence-electron chi connectivity index (χ3n) is 2.45. The second-order valence-corrected chi connectivity index (χ2v) is 4.49. The van der Waals surface area contributed by atoms with Crippen LogP contribution in [0.4, 0.5) is 0 Å². The number of hydrogen-bond donors (Lipinski definition) is 0. The lowest BCUT2D eigenvalue weighted by Gasteiger charge is -2.01. The molecule has 0 unspecified atom stereocenters. The van der Waals surface area contributed by atoms with Gasteiger partial charge in [-0.25, -0.2) is 0 Å². The molecule has 0 N–H and O–H groups in total. The molecule has 0 heterocycles. The summed E-state index contributed by atoms with van der Waals surface area (Å²) in [6, 6.07) is 20.2. The summed E-state index contributed by atoms with van der Waals surface area (Å²) in [6.07, 6.45) is 0. The second-order valence-electron chi connectivity index (χ2n) is 4.49. The third-order valence-corrected chi connectivity index (χ3v) is 2.45. The standard InChI is InChI=1S/C9H12.C7H8O.C2H6O.C2H6/c1-8(2)9-6-4-3-5-7-9;1-8-7-5-3-2-4-6-7;1-3-2;1-2/h3-8H,1-2H3;2-6H,1H3;1-2H3;1-2H3. The van der Waals surface area contributed by atoms with E-state index < -0.39 is 0 Å². The molecule has 0 radical (unpaired) electrons. The second kappa shape index (κ2) is 17.3. The Bertz CT molecular complexity index is 410. The molecule has 0 atom stereocenters. The lowest BCUT2D eigenvalue weighted by atomic mass is 10.0. The highest BCUT2D eigenvalue weighted by Crippen LogP contribution is 2.11. The fraction of sp³-hybridized carbons (Fsp3) is 0.400. The van der Waals surface area contributed by atoms with E-state index >= 15 is 0 Å². The van der Waals surface area contributed by atoms with E-state index in [1.54, 1.807) is 21.3 Å². The van der Waals surface area contributed by atoms with Gasteiger partial charge >= 0.3 is 0 Å². The first-order valence-electron chi connectivity index (χ1n) is 7.69. The zero-order valence-corrected chi connectivity index (χ0v) is 15.2. The first kappa shape index (κ1) is 22.5. The van der Waals surface area contributed by atoms with E-state index in [2.05, 4.69) is 42.8 Å². The summed E-state index contributed by atoms with van der Waals surface area (Å²) < 4.78 is 9.16. The van der Waals surface area contributed by atoms with Gasteiger partial charge in [0.05, 0.1) is 7.11 Å². The van der Waals surface area contributed by atoms with Crippen molar-refractivity contribution in [2.45, 2.75) is 33.6 Å². The molecule has 2 aromatic rings. The van der Waals surface area contributed by atoms with Crippen LogP contribution in [0.25, 0.3) is 0 Å². The first-order chi connectivity index (χ1) is 10.7. The summed E-state index contributed by atoms with van der Waals surface area (Å²) in [4.78, 5) is 0. The van der Waals surface area contributed by atoms with Crippen molar-refractivity contribution in [3.8, 4) is 5.75 Å². The Morgan fingerprint density at radius 2 is 1.05 bits per heavy atom. The Morgan fingerprint density at radius 1 is 0.682 bits per heavy atom. The molecule has 0 aliphatic heterocycles. The van der Waals surface area contributed by atoms with Crippen LogP contribution in [0.15, 0.2) is 60.7 Å². The van der Waals surface area contributed by atoms with Crippen LogP contribution in [-0.4, -0.2) is 21.3 Å². The topological polar surface area (TPSA) is 18.5 Å². The van der Waals surface area contributed by atoms with E-state index in [1.807, 2.05) is 50.2 Å². The summed E-state index contributed by atoms with van der Waals surface area (Å²) in [7, 11) is 4.91. The molecule has 2 aromatic carbocycles. The molecular formula is C20H32O2. The van der Waals surface area contributed by atoms with E-state index in [1.165, 1.54) is 5.56 Å². The summed E-state index contributed by atoms with van der Waals surface area (Å²) in [6.45, 7) is 8.41. The number of benzene rings is 2. The number of ether oxygens (including phenoxy) is 2. The molecule has 124 valence electrons. The average molecular weight is 304 g/mol. The summed E-state index contributed by atoms with van der Waals surface area (Å²) in [5.41, 5.74) is 1.41. The van der Waals surface area contributed by atoms with Crippen molar-refractivity contribution in [1.82, 2.24) is 0 Å². The molecule has 0 amide bonds. The van der Waals surface area contributed by atoms with Crippen molar-refractivity contribution in [2.75, 3.05) is 21.3 Å². The molecule has 0 saturated carbocycles. The van der Waals surface area contributed by atoms with Crippen LogP contribution in [-0.2, 0) is 4.74 Å². The van der Waals surface area contributed by atoms with Crippen LogP contribution in [0.1, 0.15) is 39.2 Å². The average Bonchev–Trinajstić information content (AvgIpc) is 2.59. The Kier molecular flexibility index (Phi) is 17.6. The molecule has 0 spiro atoms. The molecular weight excluding hydrogens is 272 g/mol. The van der Waals surface area contributed by atoms with Crippen molar-refractivity contribution in [1.29, 1.82) is 0 Å². The Balaban J connectivity index is 0. The highest BCUT2D eigenvalue weighted by Gasteiger charge is 1.93. The van der Waals surface area contributed by atoms with E-state index in [0.717, 1.165) is 5.75 Å². The largest absolute Gasteiger partial charge is 0.497 e. The van der Waals surface area contributed by atoms with E-state index in [0.29, 0.717) is 5.92 Å². The third kappa shape index (κ3) is 13.2. The predicted octanol–water partition coefficient (Wildman–Crippen LogP) is 5.79. The molecule has 2 nitrogen and oxygen atoms in total. The Labute approximate surface area is 137 Å². The normalized spacial score (nSPS) is 8.36. The highest BCUT2D eigenvalue weighted by atomic mass is 16.5. The van der Waals surface area contributed by atoms with Gasteiger partial charge in [0.15, 0.2) is 0 Å². The van der Waals surface area contributed by atoms with Crippen LogP contribution >= 0.6 is 0 Å². The lowest BCUT2D eigenvalue weighted by molar-refractivity contribution is 0.277. The van der Waals surface area contributed by atoms with Gasteiger partial charge in [-0.05, 0) is 23.6 Å². The zero-order valence-electron chi connectivity index (χ0n) is 15.2. The number of rotatable bonds is 2. The van der Waals surface area contributed by atoms with Gasteiger partial charge in [-0.1, -0.05) is 76.2 Å². The van der Waals surface area contributed by atoms with Crippen molar-refractivity contribution in [3.63, 3.8) is 0 Å². The maximum atomic E-state index is 4.91. The molecule has 0 fully saturated rings. The van der Waals surface area contributed by atoms with Gasteiger partial charge in [0.1, 0.15) is 5.75 Å². The molecule has 22 heavy (non-hydrogen) atoms. The molecule has 2 heteroatoms. The van der Waals surface area contributed by atoms with Gasteiger partial charge in [-0.2, -0.15) is 0 Å². The van der Waals surface area contributed by atoms with Crippen LogP contribution in [0.5, 0.6) is 5.75 Å². The Morgan fingerprint density at radius 3 is 1.27 bits per heavy atom. The molecule has 0 aromatic heterocycles. The van der Waals surface area contributed by atoms with Crippen LogP contribution < -0.4 is 4.74 Å². The van der Waals surface area contributed by atoms with E-state index in [9.17, 15) is 0 Å². The van der Waals surface area contributed by atoms with Gasteiger partial charge in [-0.3, -0.25) is 0 Å². The summed E-state index contributed by atoms with van der Waals surface area (Å²) >= 11 is 0. The van der Waals surface area contributed by atoms with E-state index in [4.69, 9.17) is 4.74 Å². The van der Waals surface area contributed by atoms with Gasteiger partial charge in [0, 0.05) is 14.2 Å². The van der Waals surface area contributed by atoms with Gasteiger partial charge in [0.25, 0.3) is 0 Å². The van der Waals surface area contributed by atoms with Crippen molar-refractivity contribution in [2.24, 2.45) is 0 Å². The maximum absolute atomic E-state index is 4.91. The molecule has 0 saturated heterocycles. The smallest absolute Gasteiger partial charge is 0.118 e. The number of para-hydroxylation sites is 1. The SMILES string of the molecule is CC.CC(C)c1ccccc1.COC.COc1ccccc1. The minimum atomic E-state index is 0.659.